The van der Waals surface area contributed by atoms with Crippen LogP contribution in [-0.4, -0.2) is 24.7 Å². The van der Waals surface area contributed by atoms with E-state index in [-0.39, 0.29) is 0 Å². The first-order valence-corrected chi connectivity index (χ1v) is 5.30. The Bertz CT molecular complexity index is 397. The molecule has 0 aliphatic heterocycles. The number of hydrogen-bond acceptors (Lipinski definition) is 2. The van der Waals surface area contributed by atoms with Gasteiger partial charge in [0.1, 0.15) is 0 Å². The largest absolute Gasteiger partial charge is 0.478 e. The topological polar surface area (TPSA) is 49.3 Å². The summed E-state index contributed by atoms with van der Waals surface area (Å²) in [4.78, 5) is 11.0. The molecule has 2 N–H and O–H groups in total. The molecule has 0 heterocycles. The van der Waals surface area contributed by atoms with Crippen LogP contribution in [0.25, 0.3) is 6.08 Å². The highest BCUT2D eigenvalue weighted by Crippen LogP contribution is 2.13. The molecule has 0 unspecified atom stereocenters. The predicted molar refractivity (Wildman–Crippen MR) is 65.7 cm³/mol. The van der Waals surface area contributed by atoms with Crippen molar-refractivity contribution in [3.63, 3.8) is 0 Å². The minimum Gasteiger partial charge on any atom is -0.478 e. The van der Waals surface area contributed by atoms with Crippen molar-refractivity contribution in [2.45, 2.75) is 13.3 Å². The lowest BCUT2D eigenvalue weighted by molar-refractivity contribution is 0.0696. The van der Waals surface area contributed by atoms with Gasteiger partial charge in [-0.15, -0.1) is 0 Å². The molecule has 0 fully saturated rings. The average molecular weight is 219 g/mol. The van der Waals surface area contributed by atoms with E-state index in [4.69, 9.17) is 5.11 Å². The molecule has 86 valence electrons. The second-order valence-corrected chi connectivity index (χ2v) is 3.69. The molecule has 0 amide bonds. The molecule has 0 aromatic heterocycles. The second-order valence-electron chi connectivity index (χ2n) is 3.69. The first kappa shape index (κ1) is 12.5. The number of nitrogens with one attached hydrogen (secondary N) is 1. The lowest BCUT2D eigenvalue weighted by Gasteiger charge is -2.02. The van der Waals surface area contributed by atoms with Gasteiger partial charge in [0.25, 0.3) is 0 Å². The van der Waals surface area contributed by atoms with Gasteiger partial charge in [0.2, 0.25) is 0 Å². The van der Waals surface area contributed by atoms with E-state index in [9.17, 15) is 4.79 Å². The fourth-order valence-electron chi connectivity index (χ4n) is 1.44. The van der Waals surface area contributed by atoms with E-state index in [1.165, 1.54) is 0 Å². The Labute approximate surface area is 95.8 Å². The standard InChI is InChI=1S/C13H17NO2/c1-10-6-7-11(5-3-4-8-14-2)12(9-10)13(15)16/h3,5-7,9,14H,4,8H2,1-2H3,(H,15,16). The molecule has 0 aliphatic rings. The number of rotatable bonds is 5. The third-order valence-corrected chi connectivity index (χ3v) is 2.30. The van der Waals surface area contributed by atoms with Gasteiger partial charge in [0.05, 0.1) is 5.56 Å². The summed E-state index contributed by atoms with van der Waals surface area (Å²) in [5, 5.41) is 12.1. The maximum absolute atomic E-state index is 11.0. The van der Waals surface area contributed by atoms with E-state index < -0.39 is 5.97 Å². The molecule has 0 saturated heterocycles. The molecule has 0 aliphatic carbocycles. The molecule has 3 heteroatoms. The first-order valence-electron chi connectivity index (χ1n) is 5.30. The zero-order valence-corrected chi connectivity index (χ0v) is 9.66. The molecule has 0 spiro atoms. The fourth-order valence-corrected chi connectivity index (χ4v) is 1.44. The first-order chi connectivity index (χ1) is 7.65. The molecule has 0 bridgehead atoms. The van der Waals surface area contributed by atoms with Crippen LogP contribution in [0.5, 0.6) is 0 Å². The van der Waals surface area contributed by atoms with Crippen LogP contribution in [0.2, 0.25) is 0 Å². The minimum absolute atomic E-state index is 0.362. The Morgan fingerprint density at radius 1 is 1.50 bits per heavy atom. The lowest BCUT2D eigenvalue weighted by Crippen LogP contribution is -2.05. The number of aryl methyl sites for hydroxylation is 1. The fraction of sp³-hybridized carbons (Fsp3) is 0.308. The van der Waals surface area contributed by atoms with Gasteiger partial charge in [-0.25, -0.2) is 4.79 Å². The SMILES string of the molecule is CNCCC=Cc1ccc(C)cc1C(=O)O. The zero-order chi connectivity index (χ0) is 12.0. The minimum atomic E-state index is -0.878. The molecule has 3 nitrogen and oxygen atoms in total. The summed E-state index contributed by atoms with van der Waals surface area (Å²) in [7, 11) is 1.89. The molecule has 0 atom stereocenters. The maximum Gasteiger partial charge on any atom is 0.336 e. The van der Waals surface area contributed by atoms with Crippen molar-refractivity contribution in [3.05, 3.63) is 41.0 Å². The van der Waals surface area contributed by atoms with E-state index in [1.807, 2.05) is 38.3 Å². The summed E-state index contributed by atoms with van der Waals surface area (Å²) in [5.41, 5.74) is 2.08. The molecule has 0 radical (unpaired) electrons. The summed E-state index contributed by atoms with van der Waals surface area (Å²) < 4.78 is 0. The monoisotopic (exact) mass is 219 g/mol. The number of benzene rings is 1. The van der Waals surface area contributed by atoms with Gasteiger partial charge in [-0.3, -0.25) is 0 Å². The van der Waals surface area contributed by atoms with E-state index >= 15 is 0 Å². The second kappa shape index (κ2) is 6.08. The van der Waals surface area contributed by atoms with Crippen LogP contribution in [0.4, 0.5) is 0 Å². The van der Waals surface area contributed by atoms with Crippen molar-refractivity contribution in [2.24, 2.45) is 0 Å². The van der Waals surface area contributed by atoms with Crippen molar-refractivity contribution >= 4 is 12.0 Å². The van der Waals surface area contributed by atoms with E-state index in [0.29, 0.717) is 5.56 Å². The van der Waals surface area contributed by atoms with E-state index in [2.05, 4.69) is 5.32 Å². The smallest absolute Gasteiger partial charge is 0.336 e. The maximum atomic E-state index is 11.0. The van der Waals surface area contributed by atoms with Crippen molar-refractivity contribution in [1.29, 1.82) is 0 Å². The molecule has 0 saturated carbocycles. The summed E-state index contributed by atoms with van der Waals surface area (Å²) in [6.45, 7) is 2.78. The number of carboxylic acids is 1. The van der Waals surface area contributed by atoms with Crippen LogP contribution >= 0.6 is 0 Å². The van der Waals surface area contributed by atoms with E-state index in [0.717, 1.165) is 24.1 Å². The quantitative estimate of drug-likeness (QED) is 0.747. The van der Waals surface area contributed by atoms with E-state index in [1.54, 1.807) is 6.07 Å². The average Bonchev–Trinajstić information content (AvgIpc) is 2.26. The van der Waals surface area contributed by atoms with Gasteiger partial charge in [0, 0.05) is 0 Å². The lowest BCUT2D eigenvalue weighted by atomic mass is 10.0. The molecule has 1 aromatic rings. The Kier molecular flexibility index (Phi) is 4.73. The number of carbonyl (C=O) groups is 1. The van der Waals surface area contributed by atoms with Crippen LogP contribution in [0.3, 0.4) is 0 Å². The van der Waals surface area contributed by atoms with Gasteiger partial charge < -0.3 is 10.4 Å². The number of aromatic carboxylic acids is 1. The Hall–Kier alpha value is -1.61. The number of hydrogen-bond donors (Lipinski definition) is 2. The van der Waals surface area contributed by atoms with Gasteiger partial charge in [0.15, 0.2) is 0 Å². The third-order valence-electron chi connectivity index (χ3n) is 2.30. The van der Waals surface area contributed by atoms with Crippen LogP contribution in [-0.2, 0) is 0 Å². The normalized spacial score (nSPS) is 10.9. The summed E-state index contributed by atoms with van der Waals surface area (Å²) in [5.74, 6) is -0.878. The van der Waals surface area contributed by atoms with Gasteiger partial charge in [-0.05, 0) is 38.6 Å². The van der Waals surface area contributed by atoms with Gasteiger partial charge in [-0.2, -0.15) is 0 Å². The summed E-state index contributed by atoms with van der Waals surface area (Å²) >= 11 is 0. The summed E-state index contributed by atoms with van der Waals surface area (Å²) in [6, 6.07) is 5.46. The molecule has 1 aromatic carbocycles. The Morgan fingerprint density at radius 2 is 2.25 bits per heavy atom. The predicted octanol–water partition coefficient (Wildman–Crippen LogP) is 2.32. The Balaban J connectivity index is 2.86. The van der Waals surface area contributed by atoms with Crippen molar-refractivity contribution in [1.82, 2.24) is 5.32 Å². The third kappa shape index (κ3) is 3.51. The zero-order valence-electron chi connectivity index (χ0n) is 9.66. The van der Waals surface area contributed by atoms with Crippen molar-refractivity contribution in [2.75, 3.05) is 13.6 Å². The van der Waals surface area contributed by atoms with Crippen LogP contribution in [0.1, 0.15) is 27.9 Å². The van der Waals surface area contributed by atoms with Gasteiger partial charge >= 0.3 is 5.97 Å². The van der Waals surface area contributed by atoms with Crippen molar-refractivity contribution < 1.29 is 9.90 Å². The Morgan fingerprint density at radius 3 is 2.88 bits per heavy atom. The molecule has 16 heavy (non-hydrogen) atoms. The van der Waals surface area contributed by atoms with Gasteiger partial charge in [-0.1, -0.05) is 29.8 Å². The highest BCUT2D eigenvalue weighted by molar-refractivity contribution is 5.92. The molecule has 1 rings (SSSR count). The highest BCUT2D eigenvalue weighted by atomic mass is 16.4. The van der Waals surface area contributed by atoms with Crippen LogP contribution in [0, 0.1) is 6.92 Å². The highest BCUT2D eigenvalue weighted by Gasteiger charge is 2.07. The van der Waals surface area contributed by atoms with Crippen molar-refractivity contribution in [3.8, 4) is 0 Å². The summed E-state index contributed by atoms with van der Waals surface area (Å²) in [6.07, 6.45) is 4.73. The number of carboxylic acid groups (broad SMARTS) is 1. The molecular weight excluding hydrogens is 202 g/mol. The molecular formula is C13H17NO2. The van der Waals surface area contributed by atoms with Crippen LogP contribution < -0.4 is 5.32 Å². The van der Waals surface area contributed by atoms with Crippen LogP contribution in [0.15, 0.2) is 24.3 Å².